The smallest absolute Gasteiger partial charge is 0.311 e. The second-order valence-corrected chi connectivity index (χ2v) is 8.33. The zero-order chi connectivity index (χ0) is 23.6. The first-order chi connectivity index (χ1) is 15.8. The molecule has 1 aliphatic carbocycles. The third-order valence-electron chi connectivity index (χ3n) is 6.10. The van der Waals surface area contributed by atoms with Crippen molar-refractivity contribution in [3.8, 4) is 17.4 Å². The van der Waals surface area contributed by atoms with E-state index in [1.807, 2.05) is 0 Å². The van der Waals surface area contributed by atoms with Crippen LogP contribution in [0.15, 0.2) is 36.5 Å². The average Bonchev–Trinajstić information content (AvgIpc) is 3.43. The van der Waals surface area contributed by atoms with Gasteiger partial charge in [0, 0.05) is 25.2 Å². The molecule has 2 heterocycles. The van der Waals surface area contributed by atoms with Crippen molar-refractivity contribution < 1.29 is 23.4 Å². The van der Waals surface area contributed by atoms with E-state index in [-0.39, 0.29) is 30.5 Å². The number of carbonyl (C=O) groups is 1. The lowest BCUT2D eigenvalue weighted by Crippen LogP contribution is -2.40. The summed E-state index contributed by atoms with van der Waals surface area (Å²) in [6.45, 7) is 0.270. The molecule has 1 aromatic carbocycles. The predicted octanol–water partition coefficient (Wildman–Crippen LogP) is 3.76. The summed E-state index contributed by atoms with van der Waals surface area (Å²) in [5, 5.41) is 14.2. The van der Waals surface area contributed by atoms with Gasteiger partial charge in [0.15, 0.2) is 17.5 Å². The molecule has 1 fully saturated rings. The molecule has 1 saturated carbocycles. The van der Waals surface area contributed by atoms with Crippen molar-refractivity contribution in [2.45, 2.75) is 32.2 Å². The Kier molecular flexibility index (Phi) is 6.26. The minimum Gasteiger partial charge on any atom is -0.481 e. The molecular formula is C23H25F2N5O3. The van der Waals surface area contributed by atoms with Gasteiger partial charge in [-0.15, -0.1) is 0 Å². The van der Waals surface area contributed by atoms with Crippen molar-refractivity contribution >= 4 is 11.8 Å². The monoisotopic (exact) mass is 457 g/mol. The number of rotatable bonds is 8. The van der Waals surface area contributed by atoms with Crippen molar-refractivity contribution in [3.63, 3.8) is 0 Å². The average molecular weight is 457 g/mol. The van der Waals surface area contributed by atoms with E-state index in [1.54, 1.807) is 31.3 Å². The van der Waals surface area contributed by atoms with E-state index >= 15 is 0 Å². The Morgan fingerprint density at radius 1 is 1.24 bits per heavy atom. The van der Waals surface area contributed by atoms with Gasteiger partial charge in [-0.3, -0.25) is 4.79 Å². The molecule has 0 spiro atoms. The largest absolute Gasteiger partial charge is 0.481 e. The van der Waals surface area contributed by atoms with Crippen LogP contribution in [0.25, 0.3) is 11.5 Å². The Bertz CT molecular complexity index is 1160. The van der Waals surface area contributed by atoms with Gasteiger partial charge in [0.05, 0.1) is 25.3 Å². The van der Waals surface area contributed by atoms with E-state index in [1.165, 1.54) is 22.8 Å². The molecule has 0 aliphatic heterocycles. The van der Waals surface area contributed by atoms with E-state index < -0.39 is 17.2 Å². The van der Waals surface area contributed by atoms with Gasteiger partial charge in [-0.25, -0.2) is 23.4 Å². The number of aliphatic carboxylic acids is 1. The Morgan fingerprint density at radius 3 is 2.64 bits per heavy atom. The highest BCUT2D eigenvalue weighted by Gasteiger charge is 2.42. The van der Waals surface area contributed by atoms with E-state index in [0.29, 0.717) is 30.0 Å². The molecule has 0 saturated heterocycles. The minimum absolute atomic E-state index is 0.00449. The summed E-state index contributed by atoms with van der Waals surface area (Å²) in [5.41, 5.74) is -0.162. The third-order valence-corrected chi connectivity index (χ3v) is 6.10. The van der Waals surface area contributed by atoms with Gasteiger partial charge >= 0.3 is 5.97 Å². The summed E-state index contributed by atoms with van der Waals surface area (Å²) in [6, 6.07) is 7.95. The van der Waals surface area contributed by atoms with Crippen molar-refractivity contribution in [1.82, 2.24) is 19.7 Å². The molecule has 33 heavy (non-hydrogen) atoms. The maximum atomic E-state index is 14.6. The highest BCUT2D eigenvalue weighted by atomic mass is 19.1. The number of benzene rings is 1. The molecule has 0 bridgehead atoms. The quantitative estimate of drug-likeness (QED) is 0.551. The van der Waals surface area contributed by atoms with Gasteiger partial charge in [0.1, 0.15) is 11.5 Å². The van der Waals surface area contributed by atoms with Gasteiger partial charge in [0.25, 0.3) is 0 Å². The molecule has 0 atom stereocenters. The summed E-state index contributed by atoms with van der Waals surface area (Å²) < 4.78 is 35.5. The fraction of sp³-hybridized carbons (Fsp3) is 0.391. The zero-order valence-electron chi connectivity index (χ0n) is 18.5. The number of methoxy groups -OCH3 is 1. The Balaban J connectivity index is 1.63. The van der Waals surface area contributed by atoms with Gasteiger partial charge in [0.2, 0.25) is 5.88 Å². The van der Waals surface area contributed by atoms with E-state index in [4.69, 9.17) is 4.74 Å². The fourth-order valence-electron chi connectivity index (χ4n) is 4.34. The number of anilines is 1. The van der Waals surface area contributed by atoms with Gasteiger partial charge in [-0.05, 0) is 18.9 Å². The predicted molar refractivity (Wildman–Crippen MR) is 117 cm³/mol. The molecule has 1 aliphatic rings. The van der Waals surface area contributed by atoms with Crippen molar-refractivity contribution in [3.05, 3.63) is 53.7 Å². The number of hydrogen-bond acceptors (Lipinski definition) is 6. The molecule has 174 valence electrons. The van der Waals surface area contributed by atoms with Crippen LogP contribution in [0.4, 0.5) is 14.6 Å². The summed E-state index contributed by atoms with van der Waals surface area (Å²) >= 11 is 0. The zero-order valence-corrected chi connectivity index (χ0v) is 18.5. The van der Waals surface area contributed by atoms with Crippen LogP contribution in [0.1, 0.15) is 31.2 Å². The first-order valence-corrected chi connectivity index (χ1v) is 10.7. The molecule has 3 aromatic rings. The van der Waals surface area contributed by atoms with Crippen LogP contribution in [0, 0.1) is 17.0 Å². The summed E-state index contributed by atoms with van der Waals surface area (Å²) in [6.07, 6.45) is 3.79. The SMILES string of the molecule is COc1cc(-c2ncc(F)c(N(C)CC3(C(=O)O)CCCC3)n2)nn1Cc1ccccc1F. The van der Waals surface area contributed by atoms with Crippen LogP contribution in [-0.4, -0.2) is 51.5 Å². The van der Waals surface area contributed by atoms with Gasteiger partial charge in [-0.2, -0.15) is 5.10 Å². The number of nitrogens with zero attached hydrogens (tertiary/aromatic N) is 5. The highest BCUT2D eigenvalue weighted by molar-refractivity contribution is 5.76. The first-order valence-electron chi connectivity index (χ1n) is 10.7. The lowest BCUT2D eigenvalue weighted by Gasteiger charge is -2.30. The number of hydrogen-bond donors (Lipinski definition) is 1. The molecule has 2 aromatic heterocycles. The Morgan fingerprint density at radius 2 is 1.97 bits per heavy atom. The number of ether oxygens (including phenoxy) is 1. The van der Waals surface area contributed by atoms with Crippen LogP contribution < -0.4 is 9.64 Å². The second kappa shape index (κ2) is 9.13. The first kappa shape index (κ1) is 22.6. The fourth-order valence-corrected chi connectivity index (χ4v) is 4.34. The molecule has 10 heteroatoms. The second-order valence-electron chi connectivity index (χ2n) is 8.33. The summed E-state index contributed by atoms with van der Waals surface area (Å²) in [7, 11) is 3.09. The number of carboxylic acids is 1. The maximum Gasteiger partial charge on any atom is 0.311 e. The van der Waals surface area contributed by atoms with Gasteiger partial charge in [-0.1, -0.05) is 31.0 Å². The number of halogens is 2. The normalized spacial score (nSPS) is 14.9. The van der Waals surface area contributed by atoms with Crippen molar-refractivity contribution in [2.75, 3.05) is 25.6 Å². The molecule has 0 radical (unpaired) electrons. The number of aromatic nitrogens is 4. The Labute approximate surface area is 189 Å². The van der Waals surface area contributed by atoms with Gasteiger partial charge < -0.3 is 14.7 Å². The van der Waals surface area contributed by atoms with E-state index in [0.717, 1.165) is 19.0 Å². The lowest BCUT2D eigenvalue weighted by atomic mass is 9.86. The summed E-state index contributed by atoms with van der Waals surface area (Å²) in [4.78, 5) is 21.8. The minimum atomic E-state index is -0.920. The molecule has 8 nitrogen and oxygen atoms in total. The number of carboxylic acid groups (broad SMARTS) is 1. The van der Waals surface area contributed by atoms with E-state index in [9.17, 15) is 18.7 Å². The van der Waals surface area contributed by atoms with Crippen molar-refractivity contribution in [1.29, 1.82) is 0 Å². The Hall–Kier alpha value is -3.56. The van der Waals surface area contributed by atoms with Crippen LogP contribution in [0.2, 0.25) is 0 Å². The maximum absolute atomic E-state index is 14.6. The molecular weight excluding hydrogens is 432 g/mol. The van der Waals surface area contributed by atoms with Crippen LogP contribution in [-0.2, 0) is 11.3 Å². The lowest BCUT2D eigenvalue weighted by molar-refractivity contribution is -0.148. The molecule has 0 unspecified atom stereocenters. The molecule has 1 N–H and O–H groups in total. The van der Waals surface area contributed by atoms with E-state index in [2.05, 4.69) is 15.1 Å². The highest BCUT2D eigenvalue weighted by Crippen LogP contribution is 2.39. The summed E-state index contributed by atoms with van der Waals surface area (Å²) in [5.74, 6) is -1.38. The van der Waals surface area contributed by atoms with Crippen molar-refractivity contribution in [2.24, 2.45) is 5.41 Å². The molecule has 0 amide bonds. The third kappa shape index (κ3) is 4.50. The van der Waals surface area contributed by atoms with Crippen LogP contribution in [0.5, 0.6) is 5.88 Å². The standard InChI is InChI=1S/C23H25F2N5O3/c1-29(14-23(22(31)32)9-5-6-10-23)21-17(25)12-26-20(27-21)18-11-19(33-2)30(28-18)13-15-7-3-4-8-16(15)24/h3-4,7-8,11-12H,5-6,9-10,13-14H2,1-2H3,(H,31,32). The van der Waals surface area contributed by atoms with Crippen LogP contribution in [0.3, 0.4) is 0 Å². The van der Waals surface area contributed by atoms with Crippen LogP contribution >= 0.6 is 0 Å². The topological polar surface area (TPSA) is 93.4 Å². The molecule has 4 rings (SSSR count).